The molecule has 0 saturated carbocycles. The molecule has 1 heterocycles. The molecular formula is C15H19Cl2N3. The summed E-state index contributed by atoms with van der Waals surface area (Å²) in [5, 5.41) is 4.73. The smallest absolute Gasteiger partial charge is 0.0661 e. The molecule has 0 unspecified atom stereocenters. The molecule has 0 radical (unpaired) electrons. The predicted molar refractivity (Wildman–Crippen MR) is 86.0 cm³/mol. The van der Waals surface area contributed by atoms with Crippen molar-refractivity contribution in [3.63, 3.8) is 0 Å². The van der Waals surface area contributed by atoms with Crippen molar-refractivity contribution < 1.29 is 0 Å². The molecule has 0 fully saturated rings. The highest BCUT2D eigenvalue weighted by molar-refractivity contribution is 6.35. The van der Waals surface area contributed by atoms with Crippen LogP contribution in [-0.4, -0.2) is 36.7 Å². The summed E-state index contributed by atoms with van der Waals surface area (Å²) in [5.41, 5.74) is 2.12. The van der Waals surface area contributed by atoms with Crippen LogP contribution in [0.15, 0.2) is 36.5 Å². The number of benzene rings is 1. The van der Waals surface area contributed by atoms with E-state index in [1.807, 2.05) is 24.4 Å². The summed E-state index contributed by atoms with van der Waals surface area (Å²) in [7, 11) is 4.13. The molecule has 108 valence electrons. The van der Waals surface area contributed by atoms with Crippen LogP contribution in [0.2, 0.25) is 10.0 Å². The maximum Gasteiger partial charge on any atom is 0.0661 e. The lowest BCUT2D eigenvalue weighted by molar-refractivity contribution is 0.399. The average molecular weight is 312 g/mol. The molecule has 5 heteroatoms. The lowest BCUT2D eigenvalue weighted by Crippen LogP contribution is -2.26. The normalized spacial score (nSPS) is 11.2. The number of hydrogen-bond acceptors (Lipinski definition) is 2. The van der Waals surface area contributed by atoms with Crippen molar-refractivity contribution >= 4 is 23.2 Å². The number of halogens is 2. The van der Waals surface area contributed by atoms with Crippen molar-refractivity contribution in [3.05, 3.63) is 52.3 Å². The van der Waals surface area contributed by atoms with Gasteiger partial charge in [-0.2, -0.15) is 0 Å². The molecule has 2 aromatic rings. The van der Waals surface area contributed by atoms with Crippen molar-refractivity contribution in [2.45, 2.75) is 6.54 Å². The van der Waals surface area contributed by atoms with E-state index in [0.717, 1.165) is 25.3 Å². The van der Waals surface area contributed by atoms with Crippen LogP contribution in [0.1, 0.15) is 5.69 Å². The Morgan fingerprint density at radius 1 is 1.20 bits per heavy atom. The van der Waals surface area contributed by atoms with Crippen molar-refractivity contribution in [2.75, 3.05) is 27.2 Å². The largest absolute Gasteiger partial charge is 0.318 e. The molecule has 0 saturated heterocycles. The quantitative estimate of drug-likeness (QED) is 0.825. The topological polar surface area (TPSA) is 20.2 Å². The van der Waals surface area contributed by atoms with E-state index in [1.165, 1.54) is 5.69 Å². The van der Waals surface area contributed by atoms with E-state index in [9.17, 15) is 0 Å². The first-order valence-corrected chi connectivity index (χ1v) is 7.30. The molecule has 3 nitrogen and oxygen atoms in total. The van der Waals surface area contributed by atoms with Gasteiger partial charge in [0.05, 0.1) is 10.7 Å². The fourth-order valence-electron chi connectivity index (χ4n) is 1.99. The number of nitrogens with zero attached hydrogens (tertiary/aromatic N) is 2. The Kier molecular flexibility index (Phi) is 5.49. The van der Waals surface area contributed by atoms with Crippen molar-refractivity contribution in [1.29, 1.82) is 0 Å². The van der Waals surface area contributed by atoms with E-state index in [0.29, 0.717) is 10.0 Å². The molecule has 0 spiro atoms. The van der Waals surface area contributed by atoms with Gasteiger partial charge in [0.1, 0.15) is 0 Å². The Balaban J connectivity index is 2.08. The summed E-state index contributed by atoms with van der Waals surface area (Å²) >= 11 is 12.2. The third kappa shape index (κ3) is 4.00. The second-order valence-electron chi connectivity index (χ2n) is 4.95. The number of likely N-dealkylation sites (N-methyl/N-ethyl adjacent to an activating group) is 1. The van der Waals surface area contributed by atoms with Gasteiger partial charge in [0.15, 0.2) is 0 Å². The second kappa shape index (κ2) is 7.14. The summed E-state index contributed by atoms with van der Waals surface area (Å²) in [6, 6.07) is 9.67. The van der Waals surface area contributed by atoms with Gasteiger partial charge in [0.25, 0.3) is 0 Å². The molecule has 0 atom stereocenters. The minimum absolute atomic E-state index is 0.650. The van der Waals surface area contributed by atoms with E-state index in [2.05, 4.69) is 34.9 Å². The first-order chi connectivity index (χ1) is 9.58. The van der Waals surface area contributed by atoms with Crippen LogP contribution in [0.5, 0.6) is 0 Å². The molecular weight excluding hydrogens is 293 g/mol. The van der Waals surface area contributed by atoms with Gasteiger partial charge in [-0.1, -0.05) is 23.2 Å². The average Bonchev–Trinajstić information content (AvgIpc) is 2.82. The van der Waals surface area contributed by atoms with E-state index < -0.39 is 0 Å². The predicted octanol–water partition coefficient (Wildman–Crippen LogP) is 3.44. The summed E-state index contributed by atoms with van der Waals surface area (Å²) in [5.74, 6) is 0. The van der Waals surface area contributed by atoms with Gasteiger partial charge >= 0.3 is 0 Å². The summed E-state index contributed by atoms with van der Waals surface area (Å²) in [4.78, 5) is 2.15. The Morgan fingerprint density at radius 2 is 2.00 bits per heavy atom. The maximum absolute atomic E-state index is 6.26. The highest BCUT2D eigenvalue weighted by Crippen LogP contribution is 2.25. The maximum atomic E-state index is 6.26. The van der Waals surface area contributed by atoms with Gasteiger partial charge in [-0.15, -0.1) is 0 Å². The number of hydrogen-bond donors (Lipinski definition) is 1. The van der Waals surface area contributed by atoms with Crippen LogP contribution in [-0.2, 0) is 6.54 Å². The molecule has 20 heavy (non-hydrogen) atoms. The molecule has 1 aromatic carbocycles. The van der Waals surface area contributed by atoms with Crippen LogP contribution in [0.3, 0.4) is 0 Å². The van der Waals surface area contributed by atoms with Crippen molar-refractivity contribution in [1.82, 2.24) is 14.8 Å². The van der Waals surface area contributed by atoms with Gasteiger partial charge in [-0.25, -0.2) is 0 Å². The Bertz CT molecular complexity index is 564. The Morgan fingerprint density at radius 3 is 2.70 bits per heavy atom. The zero-order valence-corrected chi connectivity index (χ0v) is 13.2. The summed E-state index contributed by atoms with van der Waals surface area (Å²) < 4.78 is 2.08. The molecule has 2 rings (SSSR count). The Hall–Kier alpha value is -1.000. The lowest BCUT2D eigenvalue weighted by Gasteiger charge is -2.13. The lowest BCUT2D eigenvalue weighted by atomic mass is 10.3. The van der Waals surface area contributed by atoms with Gasteiger partial charge in [-0.05, 0) is 44.4 Å². The van der Waals surface area contributed by atoms with Gasteiger partial charge < -0.3 is 14.8 Å². The highest BCUT2D eigenvalue weighted by atomic mass is 35.5. The fraction of sp³-hybridized carbons (Fsp3) is 0.333. The zero-order chi connectivity index (χ0) is 14.5. The van der Waals surface area contributed by atoms with Crippen molar-refractivity contribution in [2.24, 2.45) is 0 Å². The molecule has 1 N–H and O–H groups in total. The molecule has 0 amide bonds. The van der Waals surface area contributed by atoms with Crippen LogP contribution in [0.25, 0.3) is 5.69 Å². The Labute approximate surface area is 130 Å². The monoisotopic (exact) mass is 311 g/mol. The molecule has 0 aliphatic heterocycles. The van der Waals surface area contributed by atoms with Crippen LogP contribution in [0.4, 0.5) is 0 Å². The SMILES string of the molecule is CN(C)CCNCc1cccn1-c1ccc(Cl)cc1Cl. The first-order valence-electron chi connectivity index (χ1n) is 6.55. The van der Waals surface area contributed by atoms with Gasteiger partial charge in [0.2, 0.25) is 0 Å². The minimum atomic E-state index is 0.650. The molecule has 0 aliphatic rings. The van der Waals surface area contributed by atoms with Crippen LogP contribution < -0.4 is 5.32 Å². The summed E-state index contributed by atoms with van der Waals surface area (Å²) in [6.45, 7) is 2.77. The second-order valence-corrected chi connectivity index (χ2v) is 5.79. The fourth-order valence-corrected chi connectivity index (χ4v) is 2.49. The summed E-state index contributed by atoms with van der Waals surface area (Å²) in [6.07, 6.45) is 2.01. The first kappa shape index (κ1) is 15.4. The van der Waals surface area contributed by atoms with E-state index >= 15 is 0 Å². The number of rotatable bonds is 6. The van der Waals surface area contributed by atoms with Crippen LogP contribution in [0, 0.1) is 0 Å². The molecule has 0 bridgehead atoms. The van der Waals surface area contributed by atoms with Crippen LogP contribution >= 0.6 is 23.2 Å². The van der Waals surface area contributed by atoms with E-state index in [-0.39, 0.29) is 0 Å². The third-order valence-electron chi connectivity index (χ3n) is 3.04. The number of aromatic nitrogens is 1. The molecule has 0 aliphatic carbocycles. The zero-order valence-electron chi connectivity index (χ0n) is 11.7. The third-order valence-corrected chi connectivity index (χ3v) is 3.58. The van der Waals surface area contributed by atoms with Gasteiger partial charge in [-0.3, -0.25) is 0 Å². The van der Waals surface area contributed by atoms with Gasteiger partial charge in [0, 0.05) is 36.5 Å². The van der Waals surface area contributed by atoms with Crippen molar-refractivity contribution in [3.8, 4) is 5.69 Å². The van der Waals surface area contributed by atoms with E-state index in [1.54, 1.807) is 6.07 Å². The standard InChI is InChI=1S/C15H19Cl2N3/c1-19(2)9-7-18-11-13-4-3-8-20(13)15-6-5-12(16)10-14(15)17/h3-6,8,10,18H,7,9,11H2,1-2H3. The highest BCUT2D eigenvalue weighted by Gasteiger charge is 2.07. The minimum Gasteiger partial charge on any atom is -0.318 e. The number of nitrogens with one attached hydrogen (secondary N) is 1. The van der Waals surface area contributed by atoms with E-state index in [4.69, 9.17) is 23.2 Å². The molecule has 1 aromatic heterocycles.